The van der Waals surface area contributed by atoms with Crippen molar-refractivity contribution >= 4 is 11.9 Å². The Kier molecular flexibility index (Phi) is 11.4. The van der Waals surface area contributed by atoms with Gasteiger partial charge < -0.3 is 10.4 Å². The number of carboxylic acids is 1. The van der Waals surface area contributed by atoms with Crippen LogP contribution in [0.1, 0.15) is 75.8 Å². The predicted molar refractivity (Wildman–Crippen MR) is 102 cm³/mol. The molecule has 0 aliphatic heterocycles. The summed E-state index contributed by atoms with van der Waals surface area (Å²) in [5, 5.41) is 11.5. The van der Waals surface area contributed by atoms with E-state index >= 15 is 0 Å². The Labute approximate surface area is 152 Å². The number of aliphatic carboxylic acids is 1. The van der Waals surface area contributed by atoms with Crippen molar-refractivity contribution in [2.24, 2.45) is 0 Å². The van der Waals surface area contributed by atoms with Crippen LogP contribution < -0.4 is 5.32 Å². The van der Waals surface area contributed by atoms with Crippen LogP contribution in [0.3, 0.4) is 0 Å². The fourth-order valence-electron chi connectivity index (χ4n) is 2.78. The molecule has 25 heavy (non-hydrogen) atoms. The lowest BCUT2D eigenvalue weighted by atomic mass is 10.0. The molecular weight excluding hydrogens is 314 g/mol. The molecule has 4 heteroatoms. The molecule has 0 saturated heterocycles. The van der Waals surface area contributed by atoms with Gasteiger partial charge in [-0.1, -0.05) is 50.5 Å². The number of nitrogens with one attached hydrogen (secondary N) is 1. The summed E-state index contributed by atoms with van der Waals surface area (Å²) in [6, 6.07) is 8.77. The quantitative estimate of drug-likeness (QED) is 0.487. The highest BCUT2D eigenvalue weighted by Gasteiger charge is 2.02. The number of rotatable bonds is 14. The van der Waals surface area contributed by atoms with Crippen molar-refractivity contribution in [3.05, 3.63) is 35.4 Å². The van der Waals surface area contributed by atoms with Gasteiger partial charge in [0, 0.05) is 19.4 Å². The summed E-state index contributed by atoms with van der Waals surface area (Å²) < 4.78 is 0. The zero-order chi connectivity index (χ0) is 18.3. The van der Waals surface area contributed by atoms with Crippen LogP contribution in [0.5, 0.6) is 0 Å². The van der Waals surface area contributed by atoms with E-state index in [0.717, 1.165) is 44.9 Å². The molecule has 0 unspecified atom stereocenters. The molecule has 0 saturated carbocycles. The van der Waals surface area contributed by atoms with Crippen LogP contribution in [-0.2, 0) is 22.4 Å². The second-order valence-electron chi connectivity index (χ2n) is 6.68. The fraction of sp³-hybridized carbons (Fsp3) is 0.619. The molecule has 0 spiro atoms. The third-order valence-electron chi connectivity index (χ3n) is 4.35. The van der Waals surface area contributed by atoms with Crippen molar-refractivity contribution in [2.45, 2.75) is 77.6 Å². The molecule has 0 fully saturated rings. The largest absolute Gasteiger partial charge is 0.481 e. The Bertz CT molecular complexity index is 496. The molecule has 4 nitrogen and oxygen atoms in total. The van der Waals surface area contributed by atoms with Crippen LogP contribution in [0, 0.1) is 0 Å². The van der Waals surface area contributed by atoms with Crippen LogP contribution in [-0.4, -0.2) is 23.5 Å². The standard InChI is InChI=1S/C21H33NO3/c1-2-3-9-18-13-15-19(16-14-18)10-8-11-20(23)22-17-7-5-4-6-12-21(24)25/h13-16H,2-12,17H2,1H3,(H,22,23)(H,24,25). The smallest absolute Gasteiger partial charge is 0.303 e. The molecule has 0 aromatic heterocycles. The molecule has 0 aliphatic carbocycles. The first-order valence-corrected chi connectivity index (χ1v) is 9.68. The number of hydrogen-bond donors (Lipinski definition) is 2. The molecule has 0 aliphatic rings. The van der Waals surface area contributed by atoms with E-state index < -0.39 is 5.97 Å². The van der Waals surface area contributed by atoms with Gasteiger partial charge in [-0.15, -0.1) is 0 Å². The Hall–Kier alpha value is -1.84. The first-order chi connectivity index (χ1) is 12.1. The second kappa shape index (κ2) is 13.5. The highest BCUT2D eigenvalue weighted by molar-refractivity contribution is 5.75. The molecule has 1 rings (SSSR count). The number of aryl methyl sites for hydroxylation is 2. The molecule has 0 atom stereocenters. The molecule has 2 N–H and O–H groups in total. The lowest BCUT2D eigenvalue weighted by Gasteiger charge is -2.06. The van der Waals surface area contributed by atoms with Gasteiger partial charge in [-0.2, -0.15) is 0 Å². The minimum Gasteiger partial charge on any atom is -0.481 e. The third kappa shape index (κ3) is 11.4. The SMILES string of the molecule is CCCCc1ccc(CCCC(=O)NCCCCCCC(=O)O)cc1. The van der Waals surface area contributed by atoms with Crippen LogP contribution in [0.2, 0.25) is 0 Å². The van der Waals surface area contributed by atoms with Crippen LogP contribution in [0.4, 0.5) is 0 Å². The average molecular weight is 347 g/mol. The molecule has 140 valence electrons. The normalized spacial score (nSPS) is 10.6. The highest BCUT2D eigenvalue weighted by Crippen LogP contribution is 2.10. The summed E-state index contributed by atoms with van der Waals surface area (Å²) in [6.45, 7) is 2.90. The lowest BCUT2D eigenvalue weighted by molar-refractivity contribution is -0.137. The van der Waals surface area contributed by atoms with Gasteiger partial charge in [0.2, 0.25) is 5.91 Å². The highest BCUT2D eigenvalue weighted by atomic mass is 16.4. The Balaban J connectivity index is 2.03. The Morgan fingerprint density at radius 3 is 2.04 bits per heavy atom. The van der Waals surface area contributed by atoms with Crippen LogP contribution >= 0.6 is 0 Å². The van der Waals surface area contributed by atoms with Gasteiger partial charge in [-0.25, -0.2) is 0 Å². The summed E-state index contributed by atoms with van der Waals surface area (Å²) in [5.41, 5.74) is 2.69. The number of hydrogen-bond acceptors (Lipinski definition) is 2. The van der Waals surface area contributed by atoms with Gasteiger partial charge in [0.05, 0.1) is 0 Å². The monoisotopic (exact) mass is 347 g/mol. The number of benzene rings is 1. The van der Waals surface area contributed by atoms with Gasteiger partial charge in [0.1, 0.15) is 0 Å². The maximum Gasteiger partial charge on any atom is 0.303 e. The van der Waals surface area contributed by atoms with Gasteiger partial charge in [-0.3, -0.25) is 9.59 Å². The van der Waals surface area contributed by atoms with Crippen molar-refractivity contribution in [3.8, 4) is 0 Å². The van der Waals surface area contributed by atoms with E-state index in [2.05, 4.69) is 36.5 Å². The van der Waals surface area contributed by atoms with Gasteiger partial charge >= 0.3 is 5.97 Å². The number of carbonyl (C=O) groups is 2. The Morgan fingerprint density at radius 2 is 1.44 bits per heavy atom. The first-order valence-electron chi connectivity index (χ1n) is 9.68. The van der Waals surface area contributed by atoms with Crippen molar-refractivity contribution < 1.29 is 14.7 Å². The van der Waals surface area contributed by atoms with Gasteiger partial charge in [0.25, 0.3) is 0 Å². The number of amides is 1. The van der Waals surface area contributed by atoms with Gasteiger partial charge in [0.15, 0.2) is 0 Å². The molecule has 0 bridgehead atoms. The van der Waals surface area contributed by atoms with Crippen molar-refractivity contribution in [1.29, 1.82) is 0 Å². The number of carbonyl (C=O) groups excluding carboxylic acids is 1. The summed E-state index contributed by atoms with van der Waals surface area (Å²) in [4.78, 5) is 22.2. The summed E-state index contributed by atoms with van der Waals surface area (Å²) in [6.07, 6.45) is 9.76. The summed E-state index contributed by atoms with van der Waals surface area (Å²) >= 11 is 0. The van der Waals surface area contributed by atoms with Crippen molar-refractivity contribution in [2.75, 3.05) is 6.54 Å². The van der Waals surface area contributed by atoms with Crippen molar-refractivity contribution in [3.63, 3.8) is 0 Å². The molecular formula is C21H33NO3. The minimum atomic E-state index is -0.732. The molecule has 1 aromatic carbocycles. The van der Waals surface area contributed by atoms with E-state index in [1.54, 1.807) is 0 Å². The minimum absolute atomic E-state index is 0.116. The van der Waals surface area contributed by atoms with E-state index in [9.17, 15) is 9.59 Å². The average Bonchev–Trinajstić information content (AvgIpc) is 2.60. The zero-order valence-corrected chi connectivity index (χ0v) is 15.6. The third-order valence-corrected chi connectivity index (χ3v) is 4.35. The van der Waals surface area contributed by atoms with Crippen molar-refractivity contribution in [1.82, 2.24) is 5.32 Å². The van der Waals surface area contributed by atoms with Gasteiger partial charge in [-0.05, 0) is 49.7 Å². The Morgan fingerprint density at radius 1 is 0.840 bits per heavy atom. The van der Waals surface area contributed by atoms with Crippen LogP contribution in [0.25, 0.3) is 0 Å². The number of unbranched alkanes of at least 4 members (excludes halogenated alkanes) is 4. The maximum absolute atomic E-state index is 11.8. The lowest BCUT2D eigenvalue weighted by Crippen LogP contribution is -2.24. The first kappa shape index (κ1) is 21.2. The molecule has 0 heterocycles. The van der Waals surface area contributed by atoms with E-state index in [4.69, 9.17) is 5.11 Å². The zero-order valence-electron chi connectivity index (χ0n) is 15.6. The fourth-order valence-corrected chi connectivity index (χ4v) is 2.78. The maximum atomic E-state index is 11.8. The summed E-state index contributed by atoms with van der Waals surface area (Å²) in [5.74, 6) is -0.617. The summed E-state index contributed by atoms with van der Waals surface area (Å²) in [7, 11) is 0. The van der Waals surface area contributed by atoms with E-state index in [1.807, 2.05) is 0 Å². The predicted octanol–water partition coefficient (Wildman–Crippen LogP) is 4.50. The van der Waals surface area contributed by atoms with Crippen LogP contribution in [0.15, 0.2) is 24.3 Å². The second-order valence-corrected chi connectivity index (χ2v) is 6.68. The number of carboxylic acid groups (broad SMARTS) is 1. The van der Waals surface area contributed by atoms with E-state index in [1.165, 1.54) is 24.0 Å². The van der Waals surface area contributed by atoms with E-state index in [0.29, 0.717) is 13.0 Å². The molecule has 1 aromatic rings. The molecule has 1 amide bonds. The van der Waals surface area contributed by atoms with E-state index in [-0.39, 0.29) is 12.3 Å². The molecule has 0 radical (unpaired) electrons. The topological polar surface area (TPSA) is 66.4 Å².